The Bertz CT molecular complexity index is 311. The maximum atomic E-state index is 4.35. The molecule has 0 saturated heterocycles. The maximum absolute atomic E-state index is 4.35. The van der Waals surface area contributed by atoms with E-state index in [0.717, 1.165) is 25.6 Å². The molecule has 2 N–H and O–H groups in total. The van der Waals surface area contributed by atoms with Gasteiger partial charge in [0.1, 0.15) is 0 Å². The van der Waals surface area contributed by atoms with Gasteiger partial charge in [-0.1, -0.05) is 27.2 Å². The van der Waals surface area contributed by atoms with Crippen LogP contribution in [-0.4, -0.2) is 51.6 Å². The zero-order valence-corrected chi connectivity index (χ0v) is 14.3. The standard InChI is InChI=1S/C16H34N4/c1-7-16(9-8-10-16)12-19-14(17-4)18-11-15(2,3)13-20(5)6/h7-13H2,1-6H3,(H2,17,18,19). The number of guanidine groups is 1. The fourth-order valence-electron chi connectivity index (χ4n) is 3.06. The van der Waals surface area contributed by atoms with Crippen molar-refractivity contribution >= 4 is 5.96 Å². The molecule has 0 spiro atoms. The number of hydrogen-bond acceptors (Lipinski definition) is 2. The van der Waals surface area contributed by atoms with Crippen molar-refractivity contribution in [3.8, 4) is 0 Å². The Hall–Kier alpha value is -0.770. The molecule has 4 heteroatoms. The van der Waals surface area contributed by atoms with Crippen LogP contribution in [0.25, 0.3) is 0 Å². The molecule has 118 valence electrons. The highest BCUT2D eigenvalue weighted by atomic mass is 15.2. The van der Waals surface area contributed by atoms with Crippen molar-refractivity contribution in [2.24, 2.45) is 15.8 Å². The van der Waals surface area contributed by atoms with Gasteiger partial charge in [0, 0.05) is 26.7 Å². The van der Waals surface area contributed by atoms with Gasteiger partial charge in [0.25, 0.3) is 0 Å². The second-order valence-electron chi connectivity index (χ2n) is 7.39. The van der Waals surface area contributed by atoms with Gasteiger partial charge in [0.2, 0.25) is 0 Å². The Labute approximate surface area is 125 Å². The van der Waals surface area contributed by atoms with Gasteiger partial charge in [0.15, 0.2) is 5.96 Å². The fraction of sp³-hybridized carbons (Fsp3) is 0.938. The summed E-state index contributed by atoms with van der Waals surface area (Å²) in [6.07, 6.45) is 5.37. The van der Waals surface area contributed by atoms with Crippen molar-refractivity contribution in [1.82, 2.24) is 15.5 Å². The van der Waals surface area contributed by atoms with Crippen molar-refractivity contribution in [1.29, 1.82) is 0 Å². The van der Waals surface area contributed by atoms with Gasteiger partial charge in [-0.3, -0.25) is 4.99 Å². The highest BCUT2D eigenvalue weighted by molar-refractivity contribution is 5.79. The molecule has 0 aromatic carbocycles. The van der Waals surface area contributed by atoms with Gasteiger partial charge in [-0.2, -0.15) is 0 Å². The van der Waals surface area contributed by atoms with E-state index in [1.807, 2.05) is 7.05 Å². The number of hydrogen-bond donors (Lipinski definition) is 2. The minimum atomic E-state index is 0.236. The summed E-state index contributed by atoms with van der Waals surface area (Å²) in [6.45, 7) is 9.92. The van der Waals surface area contributed by atoms with Crippen LogP contribution in [0.4, 0.5) is 0 Å². The Morgan fingerprint density at radius 3 is 2.30 bits per heavy atom. The Balaban J connectivity index is 2.36. The summed E-state index contributed by atoms with van der Waals surface area (Å²) < 4.78 is 0. The summed E-state index contributed by atoms with van der Waals surface area (Å²) in [4.78, 5) is 6.58. The van der Waals surface area contributed by atoms with E-state index >= 15 is 0 Å². The third-order valence-corrected chi connectivity index (χ3v) is 4.50. The minimum absolute atomic E-state index is 0.236. The van der Waals surface area contributed by atoms with Gasteiger partial charge in [0.05, 0.1) is 0 Å². The first-order valence-electron chi connectivity index (χ1n) is 7.92. The van der Waals surface area contributed by atoms with E-state index in [2.05, 4.69) is 55.4 Å². The molecule has 0 aromatic heterocycles. The predicted molar refractivity (Wildman–Crippen MR) is 88.3 cm³/mol. The molecule has 1 aliphatic rings. The van der Waals surface area contributed by atoms with E-state index in [1.54, 1.807) is 0 Å². The average Bonchev–Trinajstić information content (AvgIpc) is 2.30. The Morgan fingerprint density at radius 2 is 1.90 bits per heavy atom. The highest BCUT2D eigenvalue weighted by Crippen LogP contribution is 2.42. The first kappa shape index (κ1) is 17.3. The molecule has 1 rings (SSSR count). The van der Waals surface area contributed by atoms with Crippen LogP contribution < -0.4 is 10.6 Å². The maximum Gasteiger partial charge on any atom is 0.191 e. The molecular formula is C16H34N4. The van der Waals surface area contributed by atoms with Crippen LogP contribution in [0, 0.1) is 10.8 Å². The zero-order valence-electron chi connectivity index (χ0n) is 14.3. The van der Waals surface area contributed by atoms with Crippen molar-refractivity contribution in [3.63, 3.8) is 0 Å². The van der Waals surface area contributed by atoms with Gasteiger partial charge in [-0.15, -0.1) is 0 Å². The van der Waals surface area contributed by atoms with Crippen molar-refractivity contribution in [2.75, 3.05) is 40.8 Å². The average molecular weight is 282 g/mol. The zero-order chi connectivity index (χ0) is 15.2. The lowest BCUT2D eigenvalue weighted by Gasteiger charge is -2.41. The van der Waals surface area contributed by atoms with Crippen LogP contribution in [0.15, 0.2) is 4.99 Å². The molecule has 0 unspecified atom stereocenters. The second kappa shape index (κ2) is 7.30. The number of nitrogens with one attached hydrogen (secondary N) is 2. The number of nitrogens with zero attached hydrogens (tertiary/aromatic N) is 2. The summed E-state index contributed by atoms with van der Waals surface area (Å²) in [7, 11) is 6.10. The Morgan fingerprint density at radius 1 is 1.25 bits per heavy atom. The molecule has 0 heterocycles. The van der Waals surface area contributed by atoms with E-state index in [0.29, 0.717) is 5.41 Å². The topological polar surface area (TPSA) is 39.7 Å². The van der Waals surface area contributed by atoms with Gasteiger partial charge >= 0.3 is 0 Å². The smallest absolute Gasteiger partial charge is 0.191 e. The van der Waals surface area contributed by atoms with Gasteiger partial charge in [-0.25, -0.2) is 0 Å². The predicted octanol–water partition coefficient (Wildman–Crippen LogP) is 2.32. The van der Waals surface area contributed by atoms with E-state index in [4.69, 9.17) is 0 Å². The molecule has 0 bridgehead atoms. The lowest BCUT2D eigenvalue weighted by molar-refractivity contribution is 0.131. The summed E-state index contributed by atoms with van der Waals surface area (Å²) in [6, 6.07) is 0. The van der Waals surface area contributed by atoms with Crippen LogP contribution in [0.3, 0.4) is 0 Å². The van der Waals surface area contributed by atoms with Crippen LogP contribution >= 0.6 is 0 Å². The third kappa shape index (κ3) is 5.31. The number of aliphatic imine (C=N–C) groups is 1. The van der Waals surface area contributed by atoms with Crippen LogP contribution in [0.2, 0.25) is 0 Å². The summed E-state index contributed by atoms with van der Waals surface area (Å²) in [5.74, 6) is 0.941. The van der Waals surface area contributed by atoms with Gasteiger partial charge < -0.3 is 15.5 Å². The van der Waals surface area contributed by atoms with E-state index < -0.39 is 0 Å². The first-order valence-corrected chi connectivity index (χ1v) is 7.92. The summed E-state index contributed by atoms with van der Waals surface area (Å²) >= 11 is 0. The van der Waals surface area contributed by atoms with Crippen LogP contribution in [0.5, 0.6) is 0 Å². The molecular weight excluding hydrogens is 248 g/mol. The molecule has 0 aromatic rings. The monoisotopic (exact) mass is 282 g/mol. The highest BCUT2D eigenvalue weighted by Gasteiger charge is 2.35. The second-order valence-corrected chi connectivity index (χ2v) is 7.39. The van der Waals surface area contributed by atoms with Crippen LogP contribution in [0.1, 0.15) is 46.5 Å². The summed E-state index contributed by atoms with van der Waals surface area (Å²) in [5, 5.41) is 6.99. The third-order valence-electron chi connectivity index (χ3n) is 4.50. The van der Waals surface area contributed by atoms with E-state index in [1.165, 1.54) is 25.7 Å². The SMILES string of the molecule is CCC1(CNC(=NC)NCC(C)(C)CN(C)C)CCC1. The molecule has 0 aliphatic heterocycles. The van der Waals surface area contributed by atoms with Crippen molar-refractivity contribution in [2.45, 2.75) is 46.5 Å². The summed E-state index contributed by atoms with van der Waals surface area (Å²) in [5.41, 5.74) is 0.761. The molecule has 1 fully saturated rings. The lowest BCUT2D eigenvalue weighted by Crippen LogP contribution is -2.49. The normalized spacial score (nSPS) is 18.9. The molecule has 1 aliphatic carbocycles. The van der Waals surface area contributed by atoms with Crippen molar-refractivity contribution in [3.05, 3.63) is 0 Å². The quantitative estimate of drug-likeness (QED) is 0.556. The Kier molecular flexibility index (Phi) is 6.31. The molecule has 1 saturated carbocycles. The molecule has 20 heavy (non-hydrogen) atoms. The fourth-order valence-corrected chi connectivity index (χ4v) is 3.06. The lowest BCUT2D eigenvalue weighted by atomic mass is 9.67. The van der Waals surface area contributed by atoms with Crippen molar-refractivity contribution < 1.29 is 0 Å². The van der Waals surface area contributed by atoms with E-state index in [-0.39, 0.29) is 5.41 Å². The molecule has 0 atom stereocenters. The molecule has 0 amide bonds. The molecule has 4 nitrogen and oxygen atoms in total. The molecule has 0 radical (unpaired) electrons. The largest absolute Gasteiger partial charge is 0.356 e. The minimum Gasteiger partial charge on any atom is -0.356 e. The van der Waals surface area contributed by atoms with Crippen LogP contribution in [-0.2, 0) is 0 Å². The van der Waals surface area contributed by atoms with E-state index in [9.17, 15) is 0 Å². The van der Waals surface area contributed by atoms with Gasteiger partial charge in [-0.05, 0) is 44.2 Å². The first-order chi connectivity index (χ1) is 9.32. The number of rotatable bonds is 7.